The molecule has 3 heterocycles. The van der Waals surface area contributed by atoms with Gasteiger partial charge in [-0.2, -0.15) is 4.37 Å². The summed E-state index contributed by atoms with van der Waals surface area (Å²) in [6.45, 7) is 1.91. The van der Waals surface area contributed by atoms with Crippen LogP contribution in [0.25, 0.3) is 10.2 Å². The van der Waals surface area contributed by atoms with Gasteiger partial charge < -0.3 is 11.1 Å². The number of pyridine rings is 1. The van der Waals surface area contributed by atoms with E-state index >= 15 is 0 Å². The van der Waals surface area contributed by atoms with Crippen LogP contribution in [-0.4, -0.2) is 15.9 Å². The van der Waals surface area contributed by atoms with E-state index in [-0.39, 0.29) is 0 Å². The molecule has 0 amide bonds. The van der Waals surface area contributed by atoms with Gasteiger partial charge in [0.05, 0.1) is 5.39 Å². The highest BCUT2D eigenvalue weighted by molar-refractivity contribution is 7.13. The molecular weight excluding hydrogens is 196 g/mol. The van der Waals surface area contributed by atoms with Gasteiger partial charge in [0.2, 0.25) is 0 Å². The number of nitrogen functional groups attached to an aromatic ring is 1. The summed E-state index contributed by atoms with van der Waals surface area (Å²) in [6.07, 6.45) is 2.99. The highest BCUT2D eigenvalue weighted by Gasteiger charge is 2.16. The lowest BCUT2D eigenvalue weighted by Gasteiger charge is -2.16. The van der Waals surface area contributed by atoms with Crippen LogP contribution in [0.2, 0.25) is 0 Å². The van der Waals surface area contributed by atoms with Crippen molar-refractivity contribution in [2.45, 2.75) is 13.0 Å². The lowest BCUT2D eigenvalue weighted by molar-refractivity contribution is 0.646. The average Bonchev–Trinajstić information content (AvgIpc) is 2.61. The molecule has 2 aromatic heterocycles. The van der Waals surface area contributed by atoms with Crippen molar-refractivity contribution in [2.24, 2.45) is 0 Å². The van der Waals surface area contributed by atoms with Crippen molar-refractivity contribution < 1.29 is 0 Å². The lowest BCUT2D eigenvalue weighted by atomic mass is 10.0. The Morgan fingerprint density at radius 2 is 2.43 bits per heavy atom. The molecule has 0 radical (unpaired) electrons. The number of aromatic nitrogens is 2. The van der Waals surface area contributed by atoms with Crippen LogP contribution in [0.15, 0.2) is 6.20 Å². The van der Waals surface area contributed by atoms with Gasteiger partial charge in [-0.05, 0) is 35.6 Å². The molecule has 0 unspecified atom stereocenters. The van der Waals surface area contributed by atoms with Crippen LogP contribution in [0.5, 0.6) is 0 Å². The quantitative estimate of drug-likeness (QED) is 0.672. The van der Waals surface area contributed by atoms with Crippen LogP contribution in [-0.2, 0) is 13.0 Å². The maximum Gasteiger partial charge on any atom is 0.147 e. The summed E-state index contributed by atoms with van der Waals surface area (Å²) in [7, 11) is 0. The Bertz CT molecular complexity index is 491. The number of nitrogens with zero attached hydrogens (tertiary/aromatic N) is 2. The normalized spacial score (nSPS) is 15.7. The van der Waals surface area contributed by atoms with E-state index in [9.17, 15) is 0 Å². The van der Waals surface area contributed by atoms with E-state index in [0.29, 0.717) is 5.82 Å². The first-order valence-corrected chi connectivity index (χ1v) is 5.36. The standard InChI is InChI=1S/C9H10N4S/c10-8-7-6-4-11-2-1-5(6)3-12-9(7)14-13-8/h3,11H,1-2,4H2,(H2,10,13). The average molecular weight is 206 g/mol. The molecule has 1 aliphatic heterocycles. The number of rotatable bonds is 0. The van der Waals surface area contributed by atoms with Crippen molar-refractivity contribution in [2.75, 3.05) is 12.3 Å². The topological polar surface area (TPSA) is 63.8 Å². The third-order valence-corrected chi connectivity index (χ3v) is 3.37. The minimum absolute atomic E-state index is 0.623. The van der Waals surface area contributed by atoms with E-state index in [4.69, 9.17) is 5.73 Å². The maximum absolute atomic E-state index is 5.83. The lowest BCUT2D eigenvalue weighted by Crippen LogP contribution is -2.24. The van der Waals surface area contributed by atoms with Crippen molar-refractivity contribution in [1.82, 2.24) is 14.7 Å². The van der Waals surface area contributed by atoms with Gasteiger partial charge in [-0.25, -0.2) is 4.98 Å². The fraction of sp³-hybridized carbons (Fsp3) is 0.333. The van der Waals surface area contributed by atoms with Crippen LogP contribution in [0.4, 0.5) is 5.82 Å². The second kappa shape index (κ2) is 2.90. The Kier molecular flexibility index (Phi) is 1.68. The molecule has 4 nitrogen and oxygen atoms in total. The molecule has 1 aliphatic rings. The van der Waals surface area contributed by atoms with Crippen LogP contribution in [0.3, 0.4) is 0 Å². The monoisotopic (exact) mass is 206 g/mol. The van der Waals surface area contributed by atoms with Gasteiger partial charge in [-0.15, -0.1) is 0 Å². The largest absolute Gasteiger partial charge is 0.382 e. The van der Waals surface area contributed by atoms with E-state index in [1.165, 1.54) is 22.7 Å². The molecule has 0 saturated carbocycles. The van der Waals surface area contributed by atoms with E-state index in [1.54, 1.807) is 0 Å². The second-order valence-corrected chi connectivity index (χ2v) is 4.19. The minimum atomic E-state index is 0.623. The van der Waals surface area contributed by atoms with E-state index in [1.807, 2.05) is 6.20 Å². The highest BCUT2D eigenvalue weighted by Crippen LogP contribution is 2.29. The molecule has 72 valence electrons. The number of fused-ring (bicyclic) bond motifs is 3. The first-order chi connectivity index (χ1) is 6.86. The zero-order valence-corrected chi connectivity index (χ0v) is 8.40. The van der Waals surface area contributed by atoms with Crippen LogP contribution >= 0.6 is 11.5 Å². The summed E-state index contributed by atoms with van der Waals surface area (Å²) >= 11 is 1.37. The Morgan fingerprint density at radius 3 is 3.36 bits per heavy atom. The van der Waals surface area contributed by atoms with Crippen LogP contribution < -0.4 is 11.1 Å². The number of hydrogen-bond acceptors (Lipinski definition) is 5. The molecule has 3 rings (SSSR count). The van der Waals surface area contributed by atoms with E-state index in [2.05, 4.69) is 14.7 Å². The first kappa shape index (κ1) is 8.14. The molecule has 14 heavy (non-hydrogen) atoms. The van der Waals surface area contributed by atoms with Crippen LogP contribution in [0, 0.1) is 0 Å². The number of nitrogens with one attached hydrogen (secondary N) is 1. The first-order valence-electron chi connectivity index (χ1n) is 4.58. The number of hydrogen-bond donors (Lipinski definition) is 2. The summed E-state index contributed by atoms with van der Waals surface area (Å²) in [4.78, 5) is 5.31. The van der Waals surface area contributed by atoms with Crippen molar-refractivity contribution in [1.29, 1.82) is 0 Å². The summed E-state index contributed by atoms with van der Waals surface area (Å²) in [5.41, 5.74) is 8.43. The Labute approximate surface area is 85.3 Å². The van der Waals surface area contributed by atoms with Gasteiger partial charge in [0, 0.05) is 12.7 Å². The summed E-state index contributed by atoms with van der Waals surface area (Å²) in [5, 5.41) is 4.40. The Balaban J connectivity index is 2.38. The summed E-state index contributed by atoms with van der Waals surface area (Å²) < 4.78 is 4.13. The minimum Gasteiger partial charge on any atom is -0.382 e. The molecule has 2 aromatic rings. The van der Waals surface area contributed by atoms with Crippen molar-refractivity contribution >= 4 is 27.6 Å². The van der Waals surface area contributed by atoms with Crippen molar-refractivity contribution in [3.05, 3.63) is 17.3 Å². The molecule has 0 saturated heterocycles. The van der Waals surface area contributed by atoms with Gasteiger partial charge in [0.25, 0.3) is 0 Å². The third-order valence-electron chi connectivity index (χ3n) is 2.60. The molecule has 0 aromatic carbocycles. The Hall–Kier alpha value is -1.20. The molecule has 0 fully saturated rings. The van der Waals surface area contributed by atoms with Crippen molar-refractivity contribution in [3.63, 3.8) is 0 Å². The Morgan fingerprint density at radius 1 is 1.50 bits per heavy atom. The smallest absolute Gasteiger partial charge is 0.147 e. The fourth-order valence-corrected chi connectivity index (χ4v) is 2.59. The van der Waals surface area contributed by atoms with Gasteiger partial charge in [-0.1, -0.05) is 0 Å². The SMILES string of the molecule is Nc1nsc2ncc3c(c12)CNCC3. The number of nitrogens with two attached hydrogens (primary N) is 1. The molecule has 0 bridgehead atoms. The predicted octanol–water partition coefficient (Wildman–Crippen LogP) is 0.919. The van der Waals surface area contributed by atoms with Gasteiger partial charge in [0.15, 0.2) is 0 Å². The van der Waals surface area contributed by atoms with E-state index in [0.717, 1.165) is 29.7 Å². The molecule has 0 aliphatic carbocycles. The predicted molar refractivity (Wildman–Crippen MR) is 57.2 cm³/mol. The third kappa shape index (κ3) is 1.03. The van der Waals surface area contributed by atoms with Gasteiger partial charge >= 0.3 is 0 Å². The van der Waals surface area contributed by atoms with Crippen LogP contribution in [0.1, 0.15) is 11.1 Å². The van der Waals surface area contributed by atoms with Gasteiger partial charge in [0.1, 0.15) is 10.6 Å². The fourth-order valence-electron chi connectivity index (χ4n) is 1.89. The molecule has 3 N–H and O–H groups in total. The van der Waals surface area contributed by atoms with Crippen molar-refractivity contribution in [3.8, 4) is 0 Å². The van der Waals surface area contributed by atoms with E-state index < -0.39 is 0 Å². The van der Waals surface area contributed by atoms with Gasteiger partial charge in [-0.3, -0.25) is 0 Å². The molecule has 0 atom stereocenters. The molecule has 5 heteroatoms. The second-order valence-electron chi connectivity index (χ2n) is 3.44. The number of anilines is 1. The zero-order chi connectivity index (χ0) is 9.54. The molecule has 0 spiro atoms. The summed E-state index contributed by atoms with van der Waals surface area (Å²) in [6, 6.07) is 0. The zero-order valence-electron chi connectivity index (χ0n) is 7.58. The molecular formula is C9H10N4S. The maximum atomic E-state index is 5.83. The summed E-state index contributed by atoms with van der Waals surface area (Å²) in [5.74, 6) is 0.623. The highest BCUT2D eigenvalue weighted by atomic mass is 32.1.